The van der Waals surface area contributed by atoms with Crippen molar-refractivity contribution in [2.75, 3.05) is 19.6 Å². The molecule has 152 valence electrons. The minimum atomic E-state index is 0.0802. The van der Waals surface area contributed by atoms with Gasteiger partial charge in [-0.3, -0.25) is 4.98 Å². The van der Waals surface area contributed by atoms with Crippen molar-refractivity contribution in [1.82, 2.24) is 19.4 Å². The fraction of sp³-hybridized carbons (Fsp3) is 0.500. The maximum absolute atomic E-state index is 6.34. The van der Waals surface area contributed by atoms with Crippen molar-refractivity contribution in [3.63, 3.8) is 0 Å². The van der Waals surface area contributed by atoms with E-state index in [9.17, 15) is 0 Å². The number of imidazole rings is 1. The van der Waals surface area contributed by atoms with Gasteiger partial charge in [0, 0.05) is 31.2 Å². The first-order valence-corrected chi connectivity index (χ1v) is 11.2. The molecule has 1 unspecified atom stereocenters. The second kappa shape index (κ2) is 8.25. The number of hydrogen-bond donors (Lipinski definition) is 1. The number of pyridine rings is 1. The summed E-state index contributed by atoms with van der Waals surface area (Å²) in [5.41, 5.74) is 12.2. The van der Waals surface area contributed by atoms with Crippen LogP contribution >= 0.6 is 0 Å². The molecule has 0 saturated carbocycles. The van der Waals surface area contributed by atoms with E-state index in [0.29, 0.717) is 0 Å². The molecule has 0 radical (unpaired) electrons. The average molecular weight is 390 g/mol. The fourth-order valence-electron chi connectivity index (χ4n) is 4.92. The van der Waals surface area contributed by atoms with Crippen LogP contribution in [0.1, 0.15) is 60.9 Å². The molecule has 0 amide bonds. The van der Waals surface area contributed by atoms with Gasteiger partial charge < -0.3 is 15.2 Å². The van der Waals surface area contributed by atoms with Crippen LogP contribution in [0.2, 0.25) is 0 Å². The van der Waals surface area contributed by atoms with Crippen LogP contribution in [0.3, 0.4) is 0 Å². The molecular weight excluding hydrogens is 358 g/mol. The number of aryl methyl sites for hydroxylation is 1. The molecule has 0 bridgehead atoms. The SMILES string of the molecule is NC1CCCc2ccc(Cc3nc4ccccc4n3CCN3CCCCC3)nc21. The maximum Gasteiger partial charge on any atom is 0.115 e. The molecule has 1 fully saturated rings. The molecule has 1 saturated heterocycles. The van der Waals surface area contributed by atoms with Gasteiger partial charge in [-0.25, -0.2) is 4.98 Å². The first-order valence-electron chi connectivity index (χ1n) is 11.2. The average Bonchev–Trinajstić information content (AvgIpc) is 3.10. The number of likely N-dealkylation sites (tertiary alicyclic amines) is 1. The Bertz CT molecular complexity index is 986. The van der Waals surface area contributed by atoms with Crippen LogP contribution in [0.25, 0.3) is 11.0 Å². The number of benzene rings is 1. The quantitative estimate of drug-likeness (QED) is 0.720. The highest BCUT2D eigenvalue weighted by Gasteiger charge is 2.20. The molecular formula is C24H31N5. The molecule has 1 aliphatic heterocycles. The maximum atomic E-state index is 6.34. The number of nitrogens with zero attached hydrogens (tertiary/aromatic N) is 4. The van der Waals surface area contributed by atoms with Crippen LogP contribution in [0.15, 0.2) is 36.4 Å². The molecule has 5 nitrogen and oxygen atoms in total. The van der Waals surface area contributed by atoms with E-state index in [0.717, 1.165) is 55.1 Å². The van der Waals surface area contributed by atoms with E-state index < -0.39 is 0 Å². The minimum Gasteiger partial charge on any atom is -0.326 e. The van der Waals surface area contributed by atoms with Crippen LogP contribution in [0.4, 0.5) is 0 Å². The van der Waals surface area contributed by atoms with Crippen molar-refractivity contribution in [1.29, 1.82) is 0 Å². The molecule has 1 aliphatic carbocycles. The van der Waals surface area contributed by atoms with Gasteiger partial charge >= 0.3 is 0 Å². The summed E-state index contributed by atoms with van der Waals surface area (Å²) in [5.74, 6) is 1.11. The first-order chi connectivity index (χ1) is 14.3. The van der Waals surface area contributed by atoms with Gasteiger partial charge in [0.2, 0.25) is 0 Å². The Balaban J connectivity index is 1.42. The van der Waals surface area contributed by atoms with E-state index >= 15 is 0 Å². The largest absolute Gasteiger partial charge is 0.326 e. The van der Waals surface area contributed by atoms with Crippen molar-refractivity contribution in [2.45, 2.75) is 57.5 Å². The zero-order valence-corrected chi connectivity index (χ0v) is 17.2. The van der Waals surface area contributed by atoms with E-state index in [1.54, 1.807) is 0 Å². The van der Waals surface area contributed by atoms with Crippen molar-refractivity contribution in [2.24, 2.45) is 5.73 Å². The molecule has 2 N–H and O–H groups in total. The topological polar surface area (TPSA) is 60.0 Å². The van der Waals surface area contributed by atoms with Gasteiger partial charge in [-0.1, -0.05) is 24.6 Å². The summed E-state index contributed by atoms with van der Waals surface area (Å²) >= 11 is 0. The lowest BCUT2D eigenvalue weighted by atomic mass is 9.92. The molecule has 0 spiro atoms. The molecule has 5 heteroatoms. The second-order valence-electron chi connectivity index (χ2n) is 8.59. The van der Waals surface area contributed by atoms with E-state index in [-0.39, 0.29) is 6.04 Å². The standard InChI is InChI=1S/C24H31N5/c25-20-8-6-7-18-11-12-19(26-24(18)20)17-23-27-21-9-2-3-10-22(21)29(23)16-15-28-13-4-1-5-14-28/h2-3,9-12,20H,1,4-8,13-17,25H2. The van der Waals surface area contributed by atoms with Gasteiger partial charge in [0.15, 0.2) is 0 Å². The molecule has 3 heterocycles. The van der Waals surface area contributed by atoms with E-state index in [1.807, 2.05) is 0 Å². The van der Waals surface area contributed by atoms with Gasteiger partial charge in [0.25, 0.3) is 0 Å². The van der Waals surface area contributed by atoms with Crippen LogP contribution in [0, 0.1) is 0 Å². The lowest BCUT2D eigenvalue weighted by Crippen LogP contribution is -2.32. The Morgan fingerprint density at radius 2 is 1.79 bits per heavy atom. The van der Waals surface area contributed by atoms with Gasteiger partial charge in [0.1, 0.15) is 5.82 Å². The van der Waals surface area contributed by atoms with E-state index in [4.69, 9.17) is 15.7 Å². The summed E-state index contributed by atoms with van der Waals surface area (Å²) < 4.78 is 2.41. The third-order valence-electron chi connectivity index (χ3n) is 6.54. The Morgan fingerprint density at radius 1 is 0.931 bits per heavy atom. The van der Waals surface area contributed by atoms with Crippen LogP contribution in [-0.2, 0) is 19.4 Å². The normalized spacial score (nSPS) is 20.1. The number of fused-ring (bicyclic) bond motifs is 2. The van der Waals surface area contributed by atoms with Gasteiger partial charge in [0.05, 0.1) is 16.7 Å². The second-order valence-corrected chi connectivity index (χ2v) is 8.59. The number of hydrogen-bond acceptors (Lipinski definition) is 4. The van der Waals surface area contributed by atoms with Gasteiger partial charge in [-0.2, -0.15) is 0 Å². The first kappa shape index (κ1) is 18.8. The highest BCUT2D eigenvalue weighted by atomic mass is 15.2. The number of piperidine rings is 1. The zero-order chi connectivity index (χ0) is 19.6. The lowest BCUT2D eigenvalue weighted by molar-refractivity contribution is 0.221. The van der Waals surface area contributed by atoms with Gasteiger partial charge in [-0.05, 0) is 69.0 Å². The minimum absolute atomic E-state index is 0.0802. The Hall–Kier alpha value is -2.24. The molecule has 1 atom stereocenters. The van der Waals surface area contributed by atoms with Gasteiger partial charge in [-0.15, -0.1) is 0 Å². The molecule has 3 aromatic rings. The third-order valence-corrected chi connectivity index (χ3v) is 6.54. The van der Waals surface area contributed by atoms with E-state index in [1.165, 1.54) is 49.9 Å². The summed E-state index contributed by atoms with van der Waals surface area (Å²) in [5, 5.41) is 0. The van der Waals surface area contributed by atoms with Crippen molar-refractivity contribution >= 4 is 11.0 Å². The summed E-state index contributed by atoms with van der Waals surface area (Å²) in [6.45, 7) is 4.54. The van der Waals surface area contributed by atoms with Crippen LogP contribution in [0.5, 0.6) is 0 Å². The molecule has 5 rings (SSSR count). The monoisotopic (exact) mass is 389 g/mol. The highest BCUT2D eigenvalue weighted by molar-refractivity contribution is 5.76. The number of rotatable bonds is 5. The predicted molar refractivity (Wildman–Crippen MR) is 117 cm³/mol. The number of aromatic nitrogens is 3. The zero-order valence-electron chi connectivity index (χ0n) is 17.2. The number of para-hydroxylation sites is 2. The Kier molecular flexibility index (Phi) is 5.34. The molecule has 1 aromatic carbocycles. The smallest absolute Gasteiger partial charge is 0.115 e. The van der Waals surface area contributed by atoms with Crippen molar-refractivity contribution in [3.05, 3.63) is 59.2 Å². The summed E-state index contributed by atoms with van der Waals surface area (Å²) in [7, 11) is 0. The summed E-state index contributed by atoms with van der Waals surface area (Å²) in [6, 6.07) is 13.0. The summed E-state index contributed by atoms with van der Waals surface area (Å²) in [4.78, 5) is 12.5. The summed E-state index contributed by atoms with van der Waals surface area (Å²) in [6.07, 6.45) is 8.11. The fourth-order valence-corrected chi connectivity index (χ4v) is 4.92. The van der Waals surface area contributed by atoms with Crippen LogP contribution < -0.4 is 5.73 Å². The third kappa shape index (κ3) is 3.94. The highest BCUT2D eigenvalue weighted by Crippen LogP contribution is 2.27. The molecule has 29 heavy (non-hydrogen) atoms. The van der Waals surface area contributed by atoms with Crippen LogP contribution in [-0.4, -0.2) is 39.1 Å². The Labute approximate surface area is 172 Å². The Morgan fingerprint density at radius 3 is 2.69 bits per heavy atom. The molecule has 2 aromatic heterocycles. The lowest BCUT2D eigenvalue weighted by Gasteiger charge is -2.26. The van der Waals surface area contributed by atoms with Crippen molar-refractivity contribution in [3.8, 4) is 0 Å². The predicted octanol–water partition coefficient (Wildman–Crippen LogP) is 3.84. The number of nitrogens with two attached hydrogens (primary N) is 1. The molecule has 2 aliphatic rings. The van der Waals surface area contributed by atoms with Crippen molar-refractivity contribution < 1.29 is 0 Å². The van der Waals surface area contributed by atoms with E-state index in [2.05, 4.69) is 45.9 Å².